The van der Waals surface area contributed by atoms with Crippen molar-refractivity contribution in [2.24, 2.45) is 0 Å². The van der Waals surface area contributed by atoms with Crippen molar-refractivity contribution in [2.75, 3.05) is 4.90 Å². The summed E-state index contributed by atoms with van der Waals surface area (Å²) >= 11 is 0. The van der Waals surface area contributed by atoms with Crippen LogP contribution < -0.4 is 4.90 Å². The van der Waals surface area contributed by atoms with Crippen LogP contribution in [0, 0.1) is 0 Å². The zero-order chi connectivity index (χ0) is 39.4. The third-order valence-corrected chi connectivity index (χ3v) is 11.3. The third-order valence-electron chi connectivity index (χ3n) is 11.3. The normalized spacial score (nSPS) is 11.1. The first-order valence-corrected chi connectivity index (χ1v) is 20.3. The average Bonchev–Trinajstić information content (AvgIpc) is 3.33. The van der Waals surface area contributed by atoms with Crippen LogP contribution in [0.3, 0.4) is 0 Å². The zero-order valence-electron chi connectivity index (χ0n) is 32.6. The number of fused-ring (bicyclic) bond motifs is 1. The number of benzene rings is 10. The van der Waals surface area contributed by atoms with Crippen molar-refractivity contribution in [1.82, 2.24) is 0 Å². The van der Waals surface area contributed by atoms with Crippen LogP contribution in [-0.4, -0.2) is 0 Å². The third kappa shape index (κ3) is 7.23. The molecule has 0 heterocycles. The highest BCUT2D eigenvalue weighted by atomic mass is 15.1. The molecule has 0 spiro atoms. The highest BCUT2D eigenvalue weighted by Gasteiger charge is 2.20. The second-order valence-corrected chi connectivity index (χ2v) is 14.9. The van der Waals surface area contributed by atoms with E-state index < -0.39 is 0 Å². The van der Waals surface area contributed by atoms with Crippen LogP contribution in [0.25, 0.3) is 77.5 Å². The summed E-state index contributed by atoms with van der Waals surface area (Å²) in [5.41, 5.74) is 17.6. The lowest BCUT2D eigenvalue weighted by atomic mass is 9.91. The molecule has 0 atom stereocenters. The minimum atomic E-state index is 1.09. The quantitative estimate of drug-likeness (QED) is 0.142. The van der Waals surface area contributed by atoms with Gasteiger partial charge in [0.2, 0.25) is 0 Å². The predicted molar refractivity (Wildman–Crippen MR) is 251 cm³/mol. The Morgan fingerprint density at radius 3 is 1.02 bits per heavy atom. The van der Waals surface area contributed by atoms with Crippen LogP contribution >= 0.6 is 0 Å². The summed E-state index contributed by atoms with van der Waals surface area (Å²) in [6.45, 7) is 0. The zero-order valence-corrected chi connectivity index (χ0v) is 32.6. The van der Waals surface area contributed by atoms with E-state index in [0.29, 0.717) is 0 Å². The van der Waals surface area contributed by atoms with Gasteiger partial charge < -0.3 is 4.90 Å². The van der Waals surface area contributed by atoms with E-state index in [9.17, 15) is 0 Å². The molecular formula is C58H41N. The number of anilines is 3. The fraction of sp³-hybridized carbons (Fsp3) is 0. The lowest BCUT2D eigenvalue weighted by molar-refractivity contribution is 1.30. The SMILES string of the molecule is c1ccc(-c2ccc(-c3ccc(N(c4ccc(-c5ccc(-c6ccccc6)cc5)c(-c5ccccc5)c4)c4cccc5ccccc45)cc3-c3ccccc3)cc2)cc1. The van der Waals surface area contributed by atoms with Gasteiger partial charge in [-0.3, -0.25) is 0 Å². The Morgan fingerprint density at radius 1 is 0.220 bits per heavy atom. The number of hydrogen-bond donors (Lipinski definition) is 0. The molecule has 0 amide bonds. The molecule has 0 fully saturated rings. The molecule has 0 saturated carbocycles. The second kappa shape index (κ2) is 16.0. The van der Waals surface area contributed by atoms with E-state index in [1.165, 1.54) is 77.5 Å². The monoisotopic (exact) mass is 751 g/mol. The van der Waals surface area contributed by atoms with Gasteiger partial charge in [-0.15, -0.1) is 0 Å². The van der Waals surface area contributed by atoms with Gasteiger partial charge in [0.25, 0.3) is 0 Å². The lowest BCUT2D eigenvalue weighted by Crippen LogP contribution is -2.11. The minimum Gasteiger partial charge on any atom is -0.310 e. The van der Waals surface area contributed by atoms with Gasteiger partial charge in [-0.05, 0) is 102 Å². The Morgan fingerprint density at radius 2 is 0.559 bits per heavy atom. The summed E-state index contributed by atoms with van der Waals surface area (Å²) in [6, 6.07) is 89.9. The summed E-state index contributed by atoms with van der Waals surface area (Å²) in [5, 5.41) is 2.39. The summed E-state index contributed by atoms with van der Waals surface area (Å²) in [4.78, 5) is 2.44. The summed E-state index contributed by atoms with van der Waals surface area (Å²) < 4.78 is 0. The molecule has 0 saturated heterocycles. The fourth-order valence-electron chi connectivity index (χ4n) is 8.34. The number of rotatable bonds is 9. The molecule has 59 heavy (non-hydrogen) atoms. The van der Waals surface area contributed by atoms with E-state index in [0.717, 1.165) is 17.1 Å². The molecule has 1 heteroatoms. The van der Waals surface area contributed by atoms with Gasteiger partial charge in [0.05, 0.1) is 5.69 Å². The lowest BCUT2D eigenvalue weighted by Gasteiger charge is -2.29. The van der Waals surface area contributed by atoms with Crippen LogP contribution in [0.4, 0.5) is 17.1 Å². The maximum absolute atomic E-state index is 2.44. The predicted octanol–water partition coefficient (Wildman–Crippen LogP) is 16.3. The van der Waals surface area contributed by atoms with Gasteiger partial charge in [-0.1, -0.05) is 218 Å². The molecule has 1 nitrogen and oxygen atoms in total. The van der Waals surface area contributed by atoms with Gasteiger partial charge in [-0.25, -0.2) is 0 Å². The van der Waals surface area contributed by atoms with E-state index in [2.05, 4.69) is 254 Å². The highest BCUT2D eigenvalue weighted by molar-refractivity contribution is 6.01. The standard InChI is InChI=1S/C58H41N/c1-5-16-42(17-6-1)44-28-32-49(33-29-44)53-38-36-51(40-56(53)47-20-9-3-10-21-47)59(58-27-15-25-46-24-13-14-26-55(46)58)52-37-39-54(57(41-52)48-22-11-4-12-23-48)50-34-30-45(31-35-50)43-18-7-2-8-19-43/h1-41H. The van der Waals surface area contributed by atoms with Crippen molar-refractivity contribution < 1.29 is 0 Å². The van der Waals surface area contributed by atoms with E-state index in [-0.39, 0.29) is 0 Å². The van der Waals surface area contributed by atoms with Gasteiger partial charge in [-0.2, -0.15) is 0 Å². The largest absolute Gasteiger partial charge is 0.310 e. The summed E-state index contributed by atoms with van der Waals surface area (Å²) in [7, 11) is 0. The Labute approximate surface area is 346 Å². The van der Waals surface area contributed by atoms with Crippen LogP contribution in [0.5, 0.6) is 0 Å². The average molecular weight is 752 g/mol. The van der Waals surface area contributed by atoms with Gasteiger partial charge in [0.15, 0.2) is 0 Å². The van der Waals surface area contributed by atoms with Crippen LogP contribution in [0.2, 0.25) is 0 Å². The molecule has 0 aliphatic heterocycles. The van der Waals surface area contributed by atoms with Crippen molar-refractivity contribution in [3.63, 3.8) is 0 Å². The van der Waals surface area contributed by atoms with E-state index in [1.807, 2.05) is 0 Å². The molecule has 0 unspecified atom stereocenters. The van der Waals surface area contributed by atoms with Gasteiger partial charge in [0, 0.05) is 16.8 Å². The molecule has 0 aliphatic rings. The van der Waals surface area contributed by atoms with Crippen LogP contribution in [0.1, 0.15) is 0 Å². The van der Waals surface area contributed by atoms with Crippen molar-refractivity contribution in [3.8, 4) is 66.8 Å². The Balaban J connectivity index is 1.15. The molecule has 10 aromatic carbocycles. The Kier molecular flexibility index (Phi) is 9.68. The first kappa shape index (κ1) is 35.7. The summed E-state index contributed by atoms with van der Waals surface area (Å²) in [5.74, 6) is 0. The second-order valence-electron chi connectivity index (χ2n) is 14.9. The van der Waals surface area contributed by atoms with E-state index in [1.54, 1.807) is 0 Å². The Hall–Kier alpha value is -7.74. The molecule has 0 N–H and O–H groups in total. The van der Waals surface area contributed by atoms with Gasteiger partial charge in [0.1, 0.15) is 0 Å². The number of hydrogen-bond acceptors (Lipinski definition) is 1. The summed E-state index contributed by atoms with van der Waals surface area (Å²) in [6.07, 6.45) is 0. The fourth-order valence-corrected chi connectivity index (χ4v) is 8.34. The topological polar surface area (TPSA) is 3.24 Å². The Bertz CT molecular complexity index is 2820. The molecular weight excluding hydrogens is 711 g/mol. The molecule has 0 aliphatic carbocycles. The minimum absolute atomic E-state index is 1.09. The van der Waals surface area contributed by atoms with E-state index >= 15 is 0 Å². The molecule has 10 rings (SSSR count). The molecule has 0 bridgehead atoms. The van der Waals surface area contributed by atoms with Gasteiger partial charge >= 0.3 is 0 Å². The van der Waals surface area contributed by atoms with E-state index in [4.69, 9.17) is 0 Å². The van der Waals surface area contributed by atoms with Crippen molar-refractivity contribution in [3.05, 3.63) is 249 Å². The molecule has 0 radical (unpaired) electrons. The highest BCUT2D eigenvalue weighted by Crippen LogP contribution is 2.45. The maximum atomic E-state index is 2.44. The first-order valence-electron chi connectivity index (χ1n) is 20.3. The van der Waals surface area contributed by atoms with Crippen LogP contribution in [-0.2, 0) is 0 Å². The molecule has 10 aromatic rings. The van der Waals surface area contributed by atoms with Crippen molar-refractivity contribution in [1.29, 1.82) is 0 Å². The smallest absolute Gasteiger partial charge is 0.0540 e. The first-order chi connectivity index (χ1) is 29.3. The molecule has 278 valence electrons. The number of nitrogens with zero attached hydrogens (tertiary/aromatic N) is 1. The maximum Gasteiger partial charge on any atom is 0.0540 e. The van der Waals surface area contributed by atoms with Crippen molar-refractivity contribution in [2.45, 2.75) is 0 Å². The van der Waals surface area contributed by atoms with Crippen LogP contribution in [0.15, 0.2) is 249 Å². The molecule has 0 aromatic heterocycles. The van der Waals surface area contributed by atoms with Crippen molar-refractivity contribution >= 4 is 27.8 Å².